The Morgan fingerprint density at radius 2 is 1.29 bits per heavy atom. The van der Waals surface area contributed by atoms with Gasteiger partial charge in [0.2, 0.25) is 0 Å². The Morgan fingerprint density at radius 1 is 0.672 bits per heavy atom. The first-order valence-corrected chi connectivity index (χ1v) is 22.0. The normalized spacial score (nSPS) is 16.5. The predicted octanol–water partition coefficient (Wildman–Crippen LogP) is 16.0. The van der Waals surface area contributed by atoms with Crippen molar-refractivity contribution in [3.05, 3.63) is 168 Å². The maximum atomic E-state index is 5.24. The molecule has 0 radical (unpaired) electrons. The number of nitrogens with zero attached hydrogens (tertiary/aromatic N) is 2. The van der Waals surface area contributed by atoms with Gasteiger partial charge in [-0.3, -0.25) is 4.57 Å². The lowest BCUT2D eigenvalue weighted by Gasteiger charge is -2.25. The second-order valence-corrected chi connectivity index (χ2v) is 18.6. The van der Waals surface area contributed by atoms with E-state index in [1.54, 1.807) is 0 Å². The standard InChI is InChI=1S/C55H54N2S/c1-9-45-33-55(45,8)49-22-20-41(52-36(6)26-42(27-37(52)7)40-21-23-50-44(28-40)32-51(58-50)39-18-14-11-15-19-39)29-48(49)54-56-24-25-57(54)53-46(34(2)3)30-43(31-47(53)35(4)5)38-16-12-10-13-17-38/h10-32,34-35,45H,9,33H2,1-8H3/t45-,55?/m0/s1. The molecule has 2 atom stereocenters. The van der Waals surface area contributed by atoms with Gasteiger partial charge in [0.15, 0.2) is 0 Å². The van der Waals surface area contributed by atoms with Gasteiger partial charge in [0.1, 0.15) is 5.82 Å². The summed E-state index contributed by atoms with van der Waals surface area (Å²) in [6.07, 6.45) is 6.61. The minimum absolute atomic E-state index is 0.132. The van der Waals surface area contributed by atoms with Crippen molar-refractivity contribution in [1.29, 1.82) is 0 Å². The molecule has 1 fully saturated rings. The van der Waals surface area contributed by atoms with Gasteiger partial charge in [-0.15, -0.1) is 11.3 Å². The van der Waals surface area contributed by atoms with E-state index in [-0.39, 0.29) is 5.41 Å². The molecule has 9 rings (SSSR count). The van der Waals surface area contributed by atoms with Crippen LogP contribution in [0.4, 0.5) is 0 Å². The van der Waals surface area contributed by atoms with Crippen LogP contribution in [0.5, 0.6) is 0 Å². The zero-order chi connectivity index (χ0) is 40.3. The number of hydrogen-bond donors (Lipinski definition) is 0. The van der Waals surface area contributed by atoms with Gasteiger partial charge in [0, 0.05) is 27.5 Å². The molecule has 0 saturated heterocycles. The predicted molar refractivity (Wildman–Crippen MR) is 250 cm³/mol. The Bertz CT molecular complexity index is 2730. The van der Waals surface area contributed by atoms with E-state index in [1.165, 1.54) is 106 Å². The van der Waals surface area contributed by atoms with Crippen LogP contribution in [-0.4, -0.2) is 9.55 Å². The molecular weight excluding hydrogens is 721 g/mol. The number of aryl methyl sites for hydroxylation is 2. The van der Waals surface area contributed by atoms with Gasteiger partial charge >= 0.3 is 0 Å². The lowest BCUT2D eigenvalue weighted by molar-refractivity contribution is 0.643. The zero-order valence-electron chi connectivity index (χ0n) is 35.2. The summed E-state index contributed by atoms with van der Waals surface area (Å²) in [6.45, 7) is 18.7. The topological polar surface area (TPSA) is 17.8 Å². The lowest BCUT2D eigenvalue weighted by Crippen LogP contribution is -2.12. The summed E-state index contributed by atoms with van der Waals surface area (Å²) in [5, 5.41) is 1.30. The number of benzene rings is 6. The molecule has 1 aliphatic carbocycles. The van der Waals surface area contributed by atoms with Gasteiger partial charge < -0.3 is 0 Å². The minimum atomic E-state index is 0.132. The highest BCUT2D eigenvalue weighted by Crippen LogP contribution is 2.58. The van der Waals surface area contributed by atoms with Crippen LogP contribution in [0.3, 0.4) is 0 Å². The van der Waals surface area contributed by atoms with Gasteiger partial charge in [-0.1, -0.05) is 139 Å². The molecule has 2 heterocycles. The maximum absolute atomic E-state index is 5.24. The molecule has 8 aromatic rings. The van der Waals surface area contributed by atoms with Crippen LogP contribution < -0.4 is 0 Å². The van der Waals surface area contributed by atoms with Crippen LogP contribution in [0, 0.1) is 19.8 Å². The molecule has 0 aliphatic heterocycles. The van der Waals surface area contributed by atoms with Crippen molar-refractivity contribution < 1.29 is 0 Å². The molecule has 0 amide bonds. The van der Waals surface area contributed by atoms with Crippen LogP contribution in [0.2, 0.25) is 0 Å². The molecule has 1 aliphatic rings. The Balaban J connectivity index is 1.16. The molecule has 6 aromatic carbocycles. The highest BCUT2D eigenvalue weighted by atomic mass is 32.1. The van der Waals surface area contributed by atoms with E-state index in [9.17, 15) is 0 Å². The van der Waals surface area contributed by atoms with Crippen molar-refractivity contribution in [2.24, 2.45) is 5.92 Å². The summed E-state index contributed by atoms with van der Waals surface area (Å²) in [7, 11) is 0. The molecule has 290 valence electrons. The monoisotopic (exact) mass is 774 g/mol. The van der Waals surface area contributed by atoms with Gasteiger partial charge in [-0.25, -0.2) is 4.98 Å². The Hall–Kier alpha value is -5.51. The van der Waals surface area contributed by atoms with E-state index in [0.29, 0.717) is 17.8 Å². The van der Waals surface area contributed by atoms with Crippen molar-refractivity contribution in [2.45, 2.75) is 85.5 Å². The Labute approximate surface area is 349 Å². The molecule has 58 heavy (non-hydrogen) atoms. The van der Waals surface area contributed by atoms with Crippen molar-refractivity contribution in [3.63, 3.8) is 0 Å². The first-order valence-electron chi connectivity index (χ1n) is 21.2. The van der Waals surface area contributed by atoms with Crippen molar-refractivity contribution >= 4 is 21.4 Å². The lowest BCUT2D eigenvalue weighted by atomic mass is 9.85. The quantitative estimate of drug-likeness (QED) is 0.135. The van der Waals surface area contributed by atoms with Gasteiger partial charge in [0.25, 0.3) is 0 Å². The largest absolute Gasteiger partial charge is 0.299 e. The summed E-state index contributed by atoms with van der Waals surface area (Å²) < 4.78 is 3.74. The fourth-order valence-corrected chi connectivity index (χ4v) is 10.7. The minimum Gasteiger partial charge on any atom is -0.299 e. The number of aromatic nitrogens is 2. The molecule has 3 heteroatoms. The summed E-state index contributed by atoms with van der Waals surface area (Å²) in [5.74, 6) is 2.37. The summed E-state index contributed by atoms with van der Waals surface area (Å²) in [5.41, 5.74) is 18.2. The van der Waals surface area contributed by atoms with Gasteiger partial charge in [0.05, 0.1) is 5.69 Å². The first kappa shape index (κ1) is 38.0. The molecule has 1 saturated carbocycles. The molecule has 0 spiro atoms. The average Bonchev–Trinajstić information content (AvgIpc) is 3.52. The van der Waals surface area contributed by atoms with E-state index >= 15 is 0 Å². The molecule has 2 aromatic heterocycles. The van der Waals surface area contributed by atoms with Crippen molar-refractivity contribution in [2.75, 3.05) is 0 Å². The average molecular weight is 775 g/mol. The van der Waals surface area contributed by atoms with Crippen molar-refractivity contribution in [3.8, 4) is 60.9 Å². The molecule has 0 bridgehead atoms. The van der Waals surface area contributed by atoms with E-state index in [2.05, 4.69) is 194 Å². The van der Waals surface area contributed by atoms with Crippen molar-refractivity contribution in [1.82, 2.24) is 9.55 Å². The molecule has 0 N–H and O–H groups in total. The highest BCUT2D eigenvalue weighted by Gasteiger charge is 2.51. The SMILES string of the molecule is CC[C@H]1CC1(C)c1ccc(-c2c(C)cc(-c3ccc4sc(-c5ccccc5)cc4c3)cc2C)cc1-c1nccn1-c1c(C(C)C)cc(-c2ccccc2)cc1C(C)C. The van der Waals surface area contributed by atoms with E-state index in [1.807, 2.05) is 17.5 Å². The Kier molecular flexibility index (Phi) is 9.85. The number of rotatable bonds is 10. The van der Waals surface area contributed by atoms with Gasteiger partial charge in [-0.2, -0.15) is 0 Å². The van der Waals surface area contributed by atoms with Crippen LogP contribution in [0.1, 0.15) is 94.0 Å². The number of imidazole rings is 1. The van der Waals surface area contributed by atoms with E-state index in [0.717, 1.165) is 5.82 Å². The number of thiophene rings is 1. The van der Waals surface area contributed by atoms with Crippen LogP contribution in [-0.2, 0) is 5.41 Å². The smallest absolute Gasteiger partial charge is 0.144 e. The molecular formula is C55H54N2S. The third-order valence-electron chi connectivity index (χ3n) is 12.9. The second-order valence-electron chi connectivity index (χ2n) is 17.5. The highest BCUT2D eigenvalue weighted by molar-refractivity contribution is 7.22. The maximum Gasteiger partial charge on any atom is 0.144 e. The molecule has 1 unspecified atom stereocenters. The fraction of sp³-hybridized carbons (Fsp3) is 0.255. The zero-order valence-corrected chi connectivity index (χ0v) is 36.0. The number of fused-ring (bicyclic) bond motifs is 1. The third-order valence-corrected chi connectivity index (χ3v) is 14.1. The Morgan fingerprint density at radius 3 is 1.91 bits per heavy atom. The van der Waals surface area contributed by atoms with E-state index in [4.69, 9.17) is 4.98 Å². The fourth-order valence-electron chi connectivity index (χ4n) is 9.63. The van der Waals surface area contributed by atoms with E-state index < -0.39 is 0 Å². The summed E-state index contributed by atoms with van der Waals surface area (Å²) in [4.78, 5) is 6.55. The van der Waals surface area contributed by atoms with Gasteiger partial charge in [-0.05, 0) is 152 Å². The second kappa shape index (κ2) is 15.0. The number of hydrogen-bond acceptors (Lipinski definition) is 2. The van der Waals surface area contributed by atoms with Crippen LogP contribution in [0.15, 0.2) is 140 Å². The van der Waals surface area contributed by atoms with Crippen LogP contribution >= 0.6 is 11.3 Å². The summed E-state index contributed by atoms with van der Waals surface area (Å²) in [6, 6.07) is 47.7. The first-order chi connectivity index (χ1) is 28.0. The third kappa shape index (κ3) is 6.74. The van der Waals surface area contributed by atoms with Crippen LogP contribution in [0.25, 0.3) is 71.0 Å². The molecule has 2 nitrogen and oxygen atoms in total. The summed E-state index contributed by atoms with van der Waals surface area (Å²) >= 11 is 1.87.